The van der Waals surface area contributed by atoms with Crippen molar-refractivity contribution >= 4 is 0 Å². The maximum Gasteiger partial charge on any atom is 0.147 e. The summed E-state index contributed by atoms with van der Waals surface area (Å²) in [6.07, 6.45) is 2.32. The lowest BCUT2D eigenvalue weighted by molar-refractivity contribution is 0.290. The van der Waals surface area contributed by atoms with Gasteiger partial charge in [-0.05, 0) is 40.2 Å². The van der Waals surface area contributed by atoms with Crippen LogP contribution in [0.2, 0.25) is 0 Å². The summed E-state index contributed by atoms with van der Waals surface area (Å²) in [7, 11) is 0. The van der Waals surface area contributed by atoms with Gasteiger partial charge in [0, 0.05) is 6.04 Å². The number of nitrogens with zero attached hydrogens (tertiary/aromatic N) is 3. The van der Waals surface area contributed by atoms with E-state index in [0.29, 0.717) is 12.1 Å². The SMILES string of the molecule is Cc1nc(C)n(C2CCNC(C)C2)n1. The molecule has 0 bridgehead atoms. The van der Waals surface area contributed by atoms with Crippen LogP contribution in [0.3, 0.4) is 0 Å². The third-order valence-corrected chi connectivity index (χ3v) is 2.85. The maximum absolute atomic E-state index is 4.45. The second-order valence-corrected chi connectivity index (χ2v) is 4.18. The van der Waals surface area contributed by atoms with Gasteiger partial charge in [-0.3, -0.25) is 0 Å². The van der Waals surface area contributed by atoms with Crippen LogP contribution in [-0.4, -0.2) is 27.4 Å². The molecule has 1 saturated heterocycles. The fourth-order valence-corrected chi connectivity index (χ4v) is 2.21. The zero-order chi connectivity index (χ0) is 10.1. The molecule has 0 radical (unpaired) electrons. The zero-order valence-electron chi connectivity index (χ0n) is 9.12. The first-order chi connectivity index (χ1) is 6.66. The summed E-state index contributed by atoms with van der Waals surface area (Å²) < 4.78 is 2.09. The summed E-state index contributed by atoms with van der Waals surface area (Å²) in [6.45, 7) is 7.30. The van der Waals surface area contributed by atoms with E-state index in [1.54, 1.807) is 0 Å². The van der Waals surface area contributed by atoms with Gasteiger partial charge in [-0.25, -0.2) is 9.67 Å². The second-order valence-electron chi connectivity index (χ2n) is 4.18. The molecule has 1 fully saturated rings. The Labute approximate surface area is 84.7 Å². The second kappa shape index (κ2) is 3.69. The van der Waals surface area contributed by atoms with E-state index in [1.165, 1.54) is 0 Å². The maximum atomic E-state index is 4.45. The topological polar surface area (TPSA) is 42.7 Å². The molecule has 4 heteroatoms. The summed E-state index contributed by atoms with van der Waals surface area (Å²) in [6, 6.07) is 1.13. The van der Waals surface area contributed by atoms with Crippen molar-refractivity contribution in [3.05, 3.63) is 11.6 Å². The highest BCUT2D eigenvalue weighted by Crippen LogP contribution is 2.21. The molecule has 1 aliphatic rings. The van der Waals surface area contributed by atoms with Crippen molar-refractivity contribution in [2.45, 2.75) is 45.7 Å². The highest BCUT2D eigenvalue weighted by atomic mass is 15.4. The molecule has 14 heavy (non-hydrogen) atoms. The average molecular weight is 194 g/mol. The summed E-state index contributed by atoms with van der Waals surface area (Å²) in [5.74, 6) is 1.93. The molecule has 4 nitrogen and oxygen atoms in total. The predicted octanol–water partition coefficient (Wildman–Crippen LogP) is 1.21. The van der Waals surface area contributed by atoms with Gasteiger partial charge < -0.3 is 5.32 Å². The first-order valence-electron chi connectivity index (χ1n) is 5.30. The Bertz CT molecular complexity index is 318. The normalized spacial score (nSPS) is 27.9. The number of nitrogens with one attached hydrogen (secondary N) is 1. The number of hydrogen-bond acceptors (Lipinski definition) is 3. The Balaban J connectivity index is 2.17. The molecule has 2 atom stereocenters. The monoisotopic (exact) mass is 194 g/mol. The minimum Gasteiger partial charge on any atom is -0.314 e. The highest BCUT2D eigenvalue weighted by Gasteiger charge is 2.21. The zero-order valence-corrected chi connectivity index (χ0v) is 9.12. The number of rotatable bonds is 1. The number of piperidine rings is 1. The van der Waals surface area contributed by atoms with Gasteiger partial charge in [0.05, 0.1) is 6.04 Å². The minimum absolute atomic E-state index is 0.535. The molecule has 78 valence electrons. The van der Waals surface area contributed by atoms with Crippen molar-refractivity contribution in [1.29, 1.82) is 0 Å². The van der Waals surface area contributed by atoms with Crippen LogP contribution in [0, 0.1) is 13.8 Å². The average Bonchev–Trinajstić information content (AvgIpc) is 2.45. The van der Waals surface area contributed by atoms with E-state index >= 15 is 0 Å². The molecule has 0 amide bonds. The largest absolute Gasteiger partial charge is 0.314 e. The van der Waals surface area contributed by atoms with Crippen molar-refractivity contribution in [3.8, 4) is 0 Å². The molecular formula is C10H18N4. The predicted molar refractivity (Wildman–Crippen MR) is 55.2 cm³/mol. The number of aryl methyl sites for hydroxylation is 2. The molecule has 1 aromatic heterocycles. The molecule has 2 rings (SSSR count). The third-order valence-electron chi connectivity index (χ3n) is 2.85. The van der Waals surface area contributed by atoms with E-state index in [1.807, 2.05) is 13.8 Å². The third kappa shape index (κ3) is 1.80. The van der Waals surface area contributed by atoms with Crippen LogP contribution in [0.25, 0.3) is 0 Å². The molecule has 2 unspecified atom stereocenters. The van der Waals surface area contributed by atoms with Crippen molar-refractivity contribution in [2.24, 2.45) is 0 Å². The molecule has 0 aliphatic carbocycles. The molecule has 1 aliphatic heterocycles. The fourth-order valence-electron chi connectivity index (χ4n) is 2.21. The Kier molecular flexibility index (Phi) is 2.54. The first kappa shape index (κ1) is 9.65. The summed E-state index contributed by atoms with van der Waals surface area (Å²) >= 11 is 0. The van der Waals surface area contributed by atoms with Crippen molar-refractivity contribution < 1.29 is 0 Å². The van der Waals surface area contributed by atoms with E-state index in [4.69, 9.17) is 0 Å². The lowest BCUT2D eigenvalue weighted by Gasteiger charge is -2.28. The quantitative estimate of drug-likeness (QED) is 0.730. The smallest absolute Gasteiger partial charge is 0.147 e. The van der Waals surface area contributed by atoms with Crippen molar-refractivity contribution in [3.63, 3.8) is 0 Å². The van der Waals surface area contributed by atoms with Gasteiger partial charge in [0.25, 0.3) is 0 Å². The van der Waals surface area contributed by atoms with E-state index in [-0.39, 0.29) is 0 Å². The molecule has 1 aromatic rings. The molecule has 0 aromatic carbocycles. The molecule has 0 saturated carbocycles. The van der Waals surface area contributed by atoms with Crippen LogP contribution in [0.1, 0.15) is 37.5 Å². The van der Waals surface area contributed by atoms with Crippen LogP contribution in [0.15, 0.2) is 0 Å². The standard InChI is InChI=1S/C10H18N4/c1-7-6-10(4-5-11-7)14-9(3)12-8(2)13-14/h7,10-11H,4-6H2,1-3H3. The van der Waals surface area contributed by atoms with E-state index in [9.17, 15) is 0 Å². The summed E-state index contributed by atoms with van der Waals surface area (Å²) in [5, 5.41) is 7.89. The fraction of sp³-hybridized carbons (Fsp3) is 0.800. The van der Waals surface area contributed by atoms with Crippen LogP contribution in [0.4, 0.5) is 0 Å². The molecular weight excluding hydrogens is 176 g/mol. The van der Waals surface area contributed by atoms with Gasteiger partial charge in [-0.2, -0.15) is 5.10 Å². The highest BCUT2D eigenvalue weighted by molar-refractivity contribution is 4.92. The van der Waals surface area contributed by atoms with Gasteiger partial charge >= 0.3 is 0 Å². The minimum atomic E-state index is 0.535. The lowest BCUT2D eigenvalue weighted by atomic mass is 10.0. The van der Waals surface area contributed by atoms with E-state index < -0.39 is 0 Å². The lowest BCUT2D eigenvalue weighted by Crippen LogP contribution is -2.37. The van der Waals surface area contributed by atoms with Crippen molar-refractivity contribution in [1.82, 2.24) is 20.1 Å². The van der Waals surface area contributed by atoms with Gasteiger partial charge in [-0.1, -0.05) is 0 Å². The first-order valence-corrected chi connectivity index (χ1v) is 5.30. The Morgan fingerprint density at radius 2 is 2.21 bits per heavy atom. The van der Waals surface area contributed by atoms with Crippen LogP contribution in [-0.2, 0) is 0 Å². The Morgan fingerprint density at radius 1 is 1.43 bits per heavy atom. The Morgan fingerprint density at radius 3 is 2.79 bits per heavy atom. The summed E-state index contributed by atoms with van der Waals surface area (Å²) in [5.41, 5.74) is 0. The van der Waals surface area contributed by atoms with Gasteiger partial charge in [0.2, 0.25) is 0 Å². The molecule has 0 spiro atoms. The van der Waals surface area contributed by atoms with Gasteiger partial charge in [-0.15, -0.1) is 0 Å². The van der Waals surface area contributed by atoms with Crippen molar-refractivity contribution in [2.75, 3.05) is 6.54 Å². The van der Waals surface area contributed by atoms with E-state index in [0.717, 1.165) is 31.0 Å². The summed E-state index contributed by atoms with van der Waals surface area (Å²) in [4.78, 5) is 4.34. The number of aromatic nitrogens is 3. The molecule has 1 N–H and O–H groups in total. The van der Waals surface area contributed by atoms with Gasteiger partial charge in [0.15, 0.2) is 0 Å². The van der Waals surface area contributed by atoms with Crippen LogP contribution in [0.5, 0.6) is 0 Å². The van der Waals surface area contributed by atoms with Crippen LogP contribution < -0.4 is 5.32 Å². The number of hydrogen-bond donors (Lipinski definition) is 1. The Hall–Kier alpha value is -0.900. The van der Waals surface area contributed by atoms with Crippen LogP contribution >= 0.6 is 0 Å². The van der Waals surface area contributed by atoms with E-state index in [2.05, 4.69) is 27.0 Å². The molecule has 2 heterocycles. The van der Waals surface area contributed by atoms with Gasteiger partial charge in [0.1, 0.15) is 11.6 Å².